The first-order valence-electron chi connectivity index (χ1n) is 6.99. The quantitative estimate of drug-likeness (QED) is 0.724. The third-order valence-corrected chi connectivity index (χ3v) is 5.71. The molecule has 2 aliphatic carbocycles. The standard InChI is InChI=1S/C13H22N2.ClH.Cu/c1-2-6-12(5-1)14-9-10-15(11-14)13-7-3-4-8-13;;/h12-13H,1-10H2;1H;/q;;+1/p-1. The van der Waals surface area contributed by atoms with Crippen molar-refractivity contribution >= 4 is 14.8 Å². The fourth-order valence-electron chi connectivity index (χ4n) is 3.68. The van der Waals surface area contributed by atoms with Crippen LogP contribution in [0, 0.1) is 0 Å². The van der Waals surface area contributed by atoms with Crippen molar-refractivity contribution < 1.29 is 13.6 Å². The molecule has 0 radical (unpaired) electrons. The van der Waals surface area contributed by atoms with Crippen LogP contribution in [0.2, 0.25) is 0 Å². The first-order chi connectivity index (χ1) is 8.40. The zero-order valence-corrected chi connectivity index (χ0v) is 12.0. The second kappa shape index (κ2) is 5.71. The van der Waals surface area contributed by atoms with Gasteiger partial charge in [0, 0.05) is 0 Å². The maximum atomic E-state index is 6.14. The van der Waals surface area contributed by atoms with Crippen LogP contribution in [-0.4, -0.2) is 39.6 Å². The Labute approximate surface area is 115 Å². The maximum absolute atomic E-state index is 6.14. The Morgan fingerprint density at radius 1 is 0.824 bits per heavy atom. The SMILES string of the molecule is [Cl][Cu]=[C]1N(C2CCCC2)CCN1C1CCCC1. The molecule has 1 aliphatic heterocycles. The van der Waals surface area contributed by atoms with E-state index in [1.165, 1.54) is 69.1 Å². The summed E-state index contributed by atoms with van der Waals surface area (Å²) >= 11 is 1.56. The molecule has 0 aromatic carbocycles. The van der Waals surface area contributed by atoms with Crippen LogP contribution in [0.15, 0.2) is 0 Å². The predicted molar refractivity (Wildman–Crippen MR) is 68.8 cm³/mol. The summed E-state index contributed by atoms with van der Waals surface area (Å²) in [6.07, 6.45) is 11.1. The van der Waals surface area contributed by atoms with Gasteiger partial charge in [0.15, 0.2) is 0 Å². The van der Waals surface area contributed by atoms with Gasteiger partial charge in [-0.05, 0) is 0 Å². The van der Waals surface area contributed by atoms with E-state index in [-0.39, 0.29) is 0 Å². The van der Waals surface area contributed by atoms with Gasteiger partial charge >= 0.3 is 115 Å². The van der Waals surface area contributed by atoms with Crippen LogP contribution in [-0.2, 0) is 13.6 Å². The molecule has 0 spiro atoms. The molecule has 0 atom stereocenters. The first kappa shape index (κ1) is 12.6. The molecule has 1 saturated heterocycles. The molecule has 3 rings (SSSR count). The summed E-state index contributed by atoms with van der Waals surface area (Å²) in [5.74, 6) is 0. The minimum atomic E-state index is 0.778. The summed E-state index contributed by atoms with van der Waals surface area (Å²) in [5, 5.41) is 0. The van der Waals surface area contributed by atoms with Gasteiger partial charge in [0.05, 0.1) is 0 Å². The van der Waals surface area contributed by atoms with E-state index < -0.39 is 0 Å². The van der Waals surface area contributed by atoms with Gasteiger partial charge in [0.25, 0.3) is 0 Å². The van der Waals surface area contributed by atoms with E-state index in [4.69, 9.17) is 10.1 Å². The normalized spacial score (nSPS) is 30.1. The van der Waals surface area contributed by atoms with Crippen molar-refractivity contribution in [3.63, 3.8) is 0 Å². The molecule has 1 heterocycles. The van der Waals surface area contributed by atoms with Crippen LogP contribution < -0.4 is 0 Å². The van der Waals surface area contributed by atoms with Crippen LogP contribution >= 0.6 is 10.1 Å². The van der Waals surface area contributed by atoms with Gasteiger partial charge in [-0.2, -0.15) is 0 Å². The summed E-state index contributed by atoms with van der Waals surface area (Å²) in [4.78, 5) is 5.19. The van der Waals surface area contributed by atoms with Gasteiger partial charge in [-0.3, -0.25) is 0 Å². The Kier molecular flexibility index (Phi) is 4.24. The average molecular weight is 305 g/mol. The van der Waals surface area contributed by atoms with Crippen LogP contribution in [0.25, 0.3) is 0 Å². The van der Waals surface area contributed by atoms with Gasteiger partial charge in [0.1, 0.15) is 0 Å². The van der Waals surface area contributed by atoms with Gasteiger partial charge in [0.2, 0.25) is 0 Å². The van der Waals surface area contributed by atoms with E-state index in [0.717, 1.165) is 12.1 Å². The molecule has 0 aromatic rings. The molecule has 2 nitrogen and oxygen atoms in total. The van der Waals surface area contributed by atoms with E-state index in [1.54, 1.807) is 13.6 Å². The molecule has 0 bridgehead atoms. The zero-order chi connectivity index (χ0) is 11.7. The topological polar surface area (TPSA) is 6.48 Å². The summed E-state index contributed by atoms with van der Waals surface area (Å²) in [6, 6.07) is 1.56. The monoisotopic (exact) mass is 304 g/mol. The van der Waals surface area contributed by atoms with Crippen LogP contribution in [0.5, 0.6) is 0 Å². The summed E-state index contributed by atoms with van der Waals surface area (Å²) in [5.41, 5.74) is 0. The van der Waals surface area contributed by atoms with Gasteiger partial charge in [-0.25, -0.2) is 0 Å². The number of halogens is 1. The van der Waals surface area contributed by atoms with Crippen molar-refractivity contribution in [1.29, 1.82) is 0 Å². The Balaban J connectivity index is 1.71. The molecule has 0 N–H and O–H groups in total. The third kappa shape index (κ3) is 2.50. The van der Waals surface area contributed by atoms with E-state index >= 15 is 0 Å². The van der Waals surface area contributed by atoms with Crippen molar-refractivity contribution in [2.24, 2.45) is 0 Å². The molecule has 0 aromatic heterocycles. The molecule has 4 heteroatoms. The minimum absolute atomic E-state index is 0.778. The van der Waals surface area contributed by atoms with Crippen LogP contribution in [0.4, 0.5) is 0 Å². The molecular formula is C13H22ClCuN2. The number of hydrogen-bond acceptors (Lipinski definition) is 2. The van der Waals surface area contributed by atoms with E-state index in [2.05, 4.69) is 9.80 Å². The molecule has 0 unspecified atom stereocenters. The molecule has 2 saturated carbocycles. The number of nitrogens with zero attached hydrogens (tertiary/aromatic N) is 2. The first-order valence-corrected chi connectivity index (χ1v) is 8.76. The third-order valence-electron chi connectivity index (χ3n) is 4.59. The molecular weight excluding hydrogens is 283 g/mol. The fourth-order valence-corrected chi connectivity index (χ4v) is 4.98. The molecule has 3 aliphatic rings. The number of rotatable bonds is 2. The predicted octanol–water partition coefficient (Wildman–Crippen LogP) is 2.81. The van der Waals surface area contributed by atoms with Gasteiger partial charge in [-0.15, -0.1) is 0 Å². The molecule has 102 valence electrons. The average Bonchev–Trinajstić information content (AvgIpc) is 3.09. The Morgan fingerprint density at radius 2 is 1.24 bits per heavy atom. The van der Waals surface area contributed by atoms with Crippen molar-refractivity contribution in [3.8, 4) is 0 Å². The fraction of sp³-hybridized carbons (Fsp3) is 0.923. The van der Waals surface area contributed by atoms with Gasteiger partial charge in [-0.1, -0.05) is 0 Å². The van der Waals surface area contributed by atoms with Crippen molar-refractivity contribution in [2.75, 3.05) is 13.1 Å². The zero-order valence-electron chi connectivity index (χ0n) is 10.3. The van der Waals surface area contributed by atoms with Gasteiger partial charge < -0.3 is 0 Å². The van der Waals surface area contributed by atoms with Crippen molar-refractivity contribution in [1.82, 2.24) is 9.80 Å². The van der Waals surface area contributed by atoms with E-state index in [9.17, 15) is 0 Å². The van der Waals surface area contributed by atoms with Crippen LogP contribution in [0.1, 0.15) is 51.4 Å². The van der Waals surface area contributed by atoms with Crippen molar-refractivity contribution in [3.05, 3.63) is 0 Å². The molecule has 17 heavy (non-hydrogen) atoms. The summed E-state index contributed by atoms with van der Waals surface area (Å²) < 4.78 is 1.36. The number of hydrogen-bond donors (Lipinski definition) is 0. The van der Waals surface area contributed by atoms with Crippen LogP contribution in [0.3, 0.4) is 0 Å². The Morgan fingerprint density at radius 3 is 1.59 bits per heavy atom. The second-order valence-corrected chi connectivity index (χ2v) is 6.62. The summed E-state index contributed by atoms with van der Waals surface area (Å²) in [7, 11) is 6.14. The van der Waals surface area contributed by atoms with E-state index in [1.807, 2.05) is 0 Å². The molecule has 0 amide bonds. The Hall–Kier alpha value is 0.599. The van der Waals surface area contributed by atoms with E-state index in [0.29, 0.717) is 0 Å². The summed E-state index contributed by atoms with van der Waals surface area (Å²) in [6.45, 7) is 2.40. The second-order valence-electron chi connectivity index (χ2n) is 5.56. The van der Waals surface area contributed by atoms with Crippen molar-refractivity contribution in [2.45, 2.75) is 63.5 Å². The molecule has 3 fully saturated rings. The Bertz CT molecular complexity index is 270.